The van der Waals surface area contributed by atoms with E-state index in [2.05, 4.69) is 6.07 Å². The second-order valence-corrected chi connectivity index (χ2v) is 3.12. The summed E-state index contributed by atoms with van der Waals surface area (Å²) in [6, 6.07) is 11.9. The zero-order chi connectivity index (χ0) is 9.26. The molecule has 0 aliphatic carbocycles. The zero-order valence-electron chi connectivity index (χ0n) is 7.45. The van der Waals surface area contributed by atoms with Gasteiger partial charge in [0.1, 0.15) is 14.1 Å². The van der Waals surface area contributed by atoms with Crippen molar-refractivity contribution in [3.05, 3.63) is 42.0 Å². The number of aldehydes is 1. The molecular weight excluding hydrogens is 159 g/mol. The number of fused-ring (bicyclic) bond motifs is 1. The molecule has 0 heterocycles. The summed E-state index contributed by atoms with van der Waals surface area (Å²) >= 11 is 0. The number of rotatable bonds is 1. The van der Waals surface area contributed by atoms with Gasteiger partial charge in [-0.1, -0.05) is 41.9 Å². The molecule has 0 spiro atoms. The van der Waals surface area contributed by atoms with Gasteiger partial charge in [0, 0.05) is 5.56 Å². The van der Waals surface area contributed by atoms with Crippen molar-refractivity contribution in [2.24, 2.45) is 0 Å². The third-order valence-corrected chi connectivity index (χ3v) is 2.37. The average molecular weight is 168 g/mol. The van der Waals surface area contributed by atoms with Crippen molar-refractivity contribution in [1.29, 1.82) is 0 Å². The van der Waals surface area contributed by atoms with E-state index in [0.29, 0.717) is 0 Å². The van der Waals surface area contributed by atoms with Crippen LogP contribution in [0.5, 0.6) is 0 Å². The lowest BCUT2D eigenvalue weighted by atomic mass is 9.86. The Hall–Kier alpha value is -1.57. The monoisotopic (exact) mass is 168 g/mol. The summed E-state index contributed by atoms with van der Waals surface area (Å²) in [7, 11) is 1.98. The fraction of sp³-hybridized carbons (Fsp3) is 0. The Morgan fingerprint density at radius 3 is 2.62 bits per heavy atom. The summed E-state index contributed by atoms with van der Waals surface area (Å²) in [5.41, 5.74) is 1.84. The Kier molecular flexibility index (Phi) is 1.89. The van der Waals surface area contributed by atoms with Crippen LogP contribution < -0.4 is 5.46 Å². The van der Waals surface area contributed by atoms with Crippen LogP contribution in [0.4, 0.5) is 0 Å². The Labute approximate surface area is 77.8 Å². The maximum Gasteiger partial charge on any atom is 0.149 e. The summed E-state index contributed by atoms with van der Waals surface area (Å²) in [4.78, 5) is 10.7. The Balaban J connectivity index is 2.86. The van der Waals surface area contributed by atoms with Gasteiger partial charge in [-0.3, -0.25) is 4.79 Å². The SMILES string of the molecule is Bc1c(C=O)ccc2ccccc12. The van der Waals surface area contributed by atoms with E-state index < -0.39 is 0 Å². The highest BCUT2D eigenvalue weighted by molar-refractivity contribution is 6.41. The molecule has 0 N–H and O–H groups in total. The number of hydrogen-bond donors (Lipinski definition) is 0. The first-order valence-electron chi connectivity index (χ1n) is 4.26. The van der Waals surface area contributed by atoms with Crippen LogP contribution in [0, 0.1) is 0 Å². The highest BCUT2D eigenvalue weighted by atomic mass is 16.1. The van der Waals surface area contributed by atoms with Gasteiger partial charge in [0.05, 0.1) is 0 Å². The first-order valence-corrected chi connectivity index (χ1v) is 4.26. The molecule has 0 radical (unpaired) electrons. The molecule has 0 saturated carbocycles. The lowest BCUT2D eigenvalue weighted by Gasteiger charge is -2.03. The van der Waals surface area contributed by atoms with Gasteiger partial charge < -0.3 is 0 Å². The Morgan fingerprint density at radius 1 is 1.08 bits per heavy atom. The van der Waals surface area contributed by atoms with Gasteiger partial charge in [0.2, 0.25) is 0 Å². The normalized spacial score (nSPS) is 10.2. The minimum Gasteiger partial charge on any atom is -0.298 e. The van der Waals surface area contributed by atoms with E-state index in [1.807, 2.05) is 38.2 Å². The van der Waals surface area contributed by atoms with Gasteiger partial charge in [-0.05, 0) is 10.8 Å². The van der Waals surface area contributed by atoms with E-state index >= 15 is 0 Å². The van der Waals surface area contributed by atoms with Crippen LogP contribution >= 0.6 is 0 Å². The summed E-state index contributed by atoms with van der Waals surface area (Å²) in [5, 5.41) is 2.35. The minimum absolute atomic E-state index is 0.777. The summed E-state index contributed by atoms with van der Waals surface area (Å²) in [6.45, 7) is 0. The second kappa shape index (κ2) is 3.06. The summed E-state index contributed by atoms with van der Waals surface area (Å²) in [6.07, 6.45) is 0.905. The molecule has 0 bridgehead atoms. The predicted octanol–water partition coefficient (Wildman–Crippen LogP) is 0.911. The highest BCUT2D eigenvalue weighted by Crippen LogP contribution is 2.11. The van der Waals surface area contributed by atoms with Gasteiger partial charge in [0.15, 0.2) is 0 Å². The van der Waals surface area contributed by atoms with Crippen LogP contribution in [0.25, 0.3) is 10.8 Å². The first-order chi connectivity index (χ1) is 6.33. The van der Waals surface area contributed by atoms with Crippen LogP contribution in [0.2, 0.25) is 0 Å². The molecular formula is C11H9BO. The van der Waals surface area contributed by atoms with Crippen molar-refractivity contribution < 1.29 is 4.79 Å². The van der Waals surface area contributed by atoms with E-state index in [9.17, 15) is 4.79 Å². The first kappa shape index (κ1) is 8.05. The van der Waals surface area contributed by atoms with E-state index in [1.54, 1.807) is 0 Å². The molecule has 0 fully saturated rings. The fourth-order valence-electron chi connectivity index (χ4n) is 1.57. The van der Waals surface area contributed by atoms with Crippen molar-refractivity contribution in [3.63, 3.8) is 0 Å². The van der Waals surface area contributed by atoms with Crippen LogP contribution in [0.1, 0.15) is 10.4 Å². The lowest BCUT2D eigenvalue weighted by Crippen LogP contribution is -2.10. The topological polar surface area (TPSA) is 17.1 Å². The van der Waals surface area contributed by atoms with E-state index in [1.165, 1.54) is 5.39 Å². The van der Waals surface area contributed by atoms with Gasteiger partial charge in [-0.15, -0.1) is 0 Å². The van der Waals surface area contributed by atoms with Crippen LogP contribution in [-0.2, 0) is 0 Å². The molecule has 1 nitrogen and oxygen atoms in total. The van der Waals surface area contributed by atoms with Crippen LogP contribution in [0.15, 0.2) is 36.4 Å². The second-order valence-electron chi connectivity index (χ2n) is 3.12. The van der Waals surface area contributed by atoms with E-state index in [0.717, 1.165) is 22.7 Å². The molecule has 2 aromatic rings. The standard InChI is InChI=1S/C11H9BO/c12-11-9(7-13)6-5-8-3-1-2-4-10(8)11/h1-7H,12H2. The third-order valence-electron chi connectivity index (χ3n) is 2.37. The van der Waals surface area contributed by atoms with Crippen LogP contribution in [-0.4, -0.2) is 14.1 Å². The molecule has 2 aromatic carbocycles. The van der Waals surface area contributed by atoms with Crippen LogP contribution in [0.3, 0.4) is 0 Å². The highest BCUT2D eigenvalue weighted by Gasteiger charge is 2.00. The Bertz CT molecular complexity index is 463. The summed E-state index contributed by atoms with van der Waals surface area (Å²) < 4.78 is 0. The molecule has 13 heavy (non-hydrogen) atoms. The molecule has 2 heteroatoms. The van der Waals surface area contributed by atoms with Crippen molar-refractivity contribution >= 4 is 30.4 Å². The third kappa shape index (κ3) is 1.24. The van der Waals surface area contributed by atoms with Crippen molar-refractivity contribution in [2.45, 2.75) is 0 Å². The van der Waals surface area contributed by atoms with Crippen molar-refractivity contribution in [3.8, 4) is 0 Å². The molecule has 0 atom stereocenters. The quantitative estimate of drug-likeness (QED) is 0.456. The molecule has 62 valence electrons. The fourth-order valence-corrected chi connectivity index (χ4v) is 1.57. The molecule has 0 unspecified atom stereocenters. The largest absolute Gasteiger partial charge is 0.298 e. The smallest absolute Gasteiger partial charge is 0.149 e. The maximum absolute atomic E-state index is 10.7. The summed E-state index contributed by atoms with van der Waals surface area (Å²) in [5.74, 6) is 0. The van der Waals surface area contributed by atoms with E-state index in [-0.39, 0.29) is 0 Å². The van der Waals surface area contributed by atoms with Gasteiger partial charge in [0.25, 0.3) is 0 Å². The number of hydrogen-bond acceptors (Lipinski definition) is 1. The molecule has 2 rings (SSSR count). The van der Waals surface area contributed by atoms with Crippen molar-refractivity contribution in [2.75, 3.05) is 0 Å². The number of carbonyl (C=O) groups is 1. The van der Waals surface area contributed by atoms with Gasteiger partial charge >= 0.3 is 0 Å². The zero-order valence-corrected chi connectivity index (χ0v) is 7.45. The minimum atomic E-state index is 0.777. The lowest BCUT2D eigenvalue weighted by molar-refractivity contribution is 0.112. The molecule has 0 amide bonds. The van der Waals surface area contributed by atoms with Crippen molar-refractivity contribution in [1.82, 2.24) is 0 Å². The number of benzene rings is 2. The Morgan fingerprint density at radius 2 is 1.85 bits per heavy atom. The predicted molar refractivity (Wildman–Crippen MR) is 57.5 cm³/mol. The van der Waals surface area contributed by atoms with Gasteiger partial charge in [-0.25, -0.2) is 0 Å². The maximum atomic E-state index is 10.7. The molecule has 0 saturated heterocycles. The molecule has 0 aromatic heterocycles. The number of carbonyl (C=O) groups excluding carboxylic acids is 1. The van der Waals surface area contributed by atoms with Gasteiger partial charge in [-0.2, -0.15) is 0 Å². The molecule has 0 aliphatic heterocycles. The molecule has 0 aliphatic rings. The average Bonchev–Trinajstić information content (AvgIpc) is 2.19. The van der Waals surface area contributed by atoms with E-state index in [4.69, 9.17) is 0 Å².